The molecule has 32 heavy (non-hydrogen) atoms. The normalized spacial score (nSPS) is 23.5. The number of fused-ring (bicyclic) bond motifs is 2. The third-order valence-electron chi connectivity index (χ3n) is 6.02. The Labute approximate surface area is 183 Å². The molecule has 10 nitrogen and oxygen atoms in total. The van der Waals surface area contributed by atoms with Crippen LogP contribution < -0.4 is 21.1 Å². The Morgan fingerprint density at radius 3 is 1.53 bits per heavy atom. The van der Waals surface area contributed by atoms with Gasteiger partial charge in [0.1, 0.15) is 0 Å². The summed E-state index contributed by atoms with van der Waals surface area (Å²) in [5, 5.41) is 45.4. The molecule has 168 valence electrons. The fourth-order valence-electron chi connectivity index (χ4n) is 4.57. The zero-order chi connectivity index (χ0) is 22.8. The fourth-order valence-corrected chi connectivity index (χ4v) is 4.57. The monoisotopic (exact) mass is 438 g/mol. The highest BCUT2D eigenvalue weighted by atomic mass is 16.8. The van der Waals surface area contributed by atoms with Gasteiger partial charge in [0.2, 0.25) is 11.8 Å². The highest BCUT2D eigenvalue weighted by Crippen LogP contribution is 2.46. The molecule has 2 amide bonds. The van der Waals surface area contributed by atoms with E-state index in [0.29, 0.717) is 11.4 Å². The van der Waals surface area contributed by atoms with Crippen LogP contribution in [0.2, 0.25) is 0 Å². The summed E-state index contributed by atoms with van der Waals surface area (Å²) >= 11 is 0. The van der Waals surface area contributed by atoms with E-state index in [1.54, 1.807) is 12.1 Å². The number of amides is 2. The number of benzene rings is 2. The molecular weight excluding hydrogens is 416 g/mol. The molecule has 5 rings (SSSR count). The van der Waals surface area contributed by atoms with Crippen LogP contribution in [0.15, 0.2) is 60.7 Å². The topological polar surface area (TPSA) is 151 Å². The molecule has 1 fully saturated rings. The maximum absolute atomic E-state index is 13.2. The van der Waals surface area contributed by atoms with Gasteiger partial charge in [-0.2, -0.15) is 0 Å². The third-order valence-corrected chi connectivity index (χ3v) is 6.02. The van der Waals surface area contributed by atoms with Gasteiger partial charge in [0.15, 0.2) is 0 Å². The summed E-state index contributed by atoms with van der Waals surface area (Å²) in [6.45, 7) is 0. The van der Waals surface area contributed by atoms with Crippen molar-refractivity contribution in [3.05, 3.63) is 71.1 Å². The van der Waals surface area contributed by atoms with Crippen LogP contribution in [0.4, 0.5) is 22.7 Å². The van der Waals surface area contributed by atoms with Gasteiger partial charge in [-0.25, -0.2) is 0 Å². The molecule has 0 aliphatic heterocycles. The average molecular weight is 438 g/mol. The zero-order valence-electron chi connectivity index (χ0n) is 16.9. The lowest BCUT2D eigenvalue weighted by atomic mass is 9.61. The minimum Gasteiger partial charge on any atom is -0.733 e. The smallest absolute Gasteiger partial charge is 0.228 e. The lowest BCUT2D eigenvalue weighted by Crippen LogP contribution is -2.48. The molecule has 2 aromatic rings. The number of nitrogens with zero attached hydrogens (tertiary/aromatic N) is 2. The van der Waals surface area contributed by atoms with Crippen LogP contribution in [0.25, 0.3) is 0 Å². The molecule has 2 bridgehead atoms. The number of nitrogens with one attached hydrogen (secondary N) is 2. The first-order chi connectivity index (χ1) is 15.3. The first-order valence-electron chi connectivity index (χ1n) is 10.2. The van der Waals surface area contributed by atoms with Gasteiger partial charge in [0.25, 0.3) is 0 Å². The number of carbonyl (C=O) groups excluding carboxylic acids is 2. The minimum absolute atomic E-state index is 0.0293. The van der Waals surface area contributed by atoms with Gasteiger partial charge in [0, 0.05) is 11.4 Å². The van der Waals surface area contributed by atoms with E-state index in [-0.39, 0.29) is 45.5 Å². The quantitative estimate of drug-likeness (QED) is 0.395. The van der Waals surface area contributed by atoms with E-state index >= 15 is 0 Å². The fraction of sp³-hybridized carbons (Fsp3) is 0.273. The highest BCUT2D eigenvalue weighted by Gasteiger charge is 2.48. The summed E-state index contributed by atoms with van der Waals surface area (Å²) in [4.78, 5) is 26.4. The molecule has 0 heterocycles. The molecule has 2 aromatic carbocycles. The predicted octanol–water partition coefficient (Wildman–Crippen LogP) is 3.48. The molecule has 3 aliphatic rings. The van der Waals surface area contributed by atoms with Crippen molar-refractivity contribution in [3.63, 3.8) is 0 Å². The summed E-state index contributed by atoms with van der Waals surface area (Å²) in [6, 6.07) is 11.7. The number of hydrogen-bond acceptors (Lipinski definition) is 8. The number of allylic oxidation sites excluding steroid dienone is 2. The molecule has 0 spiro atoms. The van der Waals surface area contributed by atoms with E-state index in [2.05, 4.69) is 10.6 Å². The number of carbonyl (C=O) groups is 2. The molecule has 0 unspecified atom stereocenters. The van der Waals surface area contributed by atoms with Crippen LogP contribution in [0.3, 0.4) is 0 Å². The number of hydrogen-bond donors (Lipinski definition) is 4. The SMILES string of the molecule is O=C(Nc1cccc(N([O-])O)c1)[C@@H]1[C@H](C(=O)Nc2cccc(N([O-])O)c2)[C@@H]2C=C[C@@H]1CC2. The van der Waals surface area contributed by atoms with Gasteiger partial charge < -0.3 is 31.5 Å². The minimum atomic E-state index is -0.628. The first-order valence-corrected chi connectivity index (χ1v) is 10.2. The Hall–Kier alpha value is -3.44. The maximum atomic E-state index is 13.2. The van der Waals surface area contributed by atoms with E-state index in [1.165, 1.54) is 36.4 Å². The van der Waals surface area contributed by atoms with E-state index in [1.807, 2.05) is 12.2 Å². The van der Waals surface area contributed by atoms with E-state index in [0.717, 1.165) is 12.8 Å². The summed E-state index contributed by atoms with van der Waals surface area (Å²) < 4.78 is 0. The lowest BCUT2D eigenvalue weighted by molar-refractivity contribution is -0.134. The van der Waals surface area contributed by atoms with Crippen molar-refractivity contribution in [1.82, 2.24) is 0 Å². The standard InChI is InChI=1S/C22H22N4O6/c27-21(23-15-3-1-5-17(11-15)25(29)30)19-13-7-9-14(10-8-13)20(19)22(28)24-16-4-2-6-18(12-16)26(31)32/h1-7,9,11-14,19-20,29,31H,8,10H2,(H,23,27)(H,24,28)/q-2/t13-,14-,19-,20+/m1/s1. The van der Waals surface area contributed by atoms with Gasteiger partial charge in [-0.05, 0) is 61.1 Å². The van der Waals surface area contributed by atoms with Gasteiger partial charge in [-0.3, -0.25) is 20.0 Å². The van der Waals surface area contributed by atoms with Crippen LogP contribution in [0, 0.1) is 34.1 Å². The van der Waals surface area contributed by atoms with E-state index in [9.17, 15) is 20.0 Å². The first kappa shape index (κ1) is 21.8. The van der Waals surface area contributed by atoms with Crippen LogP contribution in [0.1, 0.15) is 12.8 Å². The summed E-state index contributed by atoms with van der Waals surface area (Å²) in [5.74, 6) is -2.20. The molecule has 0 aromatic heterocycles. The number of anilines is 4. The van der Waals surface area contributed by atoms with Crippen LogP contribution >= 0.6 is 0 Å². The molecule has 3 aliphatic carbocycles. The molecular formula is C22H22N4O6-2. The Balaban J connectivity index is 1.54. The van der Waals surface area contributed by atoms with Crippen molar-refractivity contribution in [2.75, 3.05) is 21.1 Å². The van der Waals surface area contributed by atoms with Crippen molar-refractivity contribution in [2.24, 2.45) is 23.7 Å². The molecule has 4 atom stereocenters. The van der Waals surface area contributed by atoms with Gasteiger partial charge in [0.05, 0.1) is 23.2 Å². The van der Waals surface area contributed by atoms with E-state index in [4.69, 9.17) is 10.4 Å². The largest absolute Gasteiger partial charge is 0.733 e. The van der Waals surface area contributed by atoms with E-state index < -0.39 is 11.8 Å². The average Bonchev–Trinajstić information content (AvgIpc) is 2.79. The second-order valence-electron chi connectivity index (χ2n) is 7.97. The number of rotatable bonds is 6. The third kappa shape index (κ3) is 4.43. The van der Waals surface area contributed by atoms with Gasteiger partial charge >= 0.3 is 0 Å². The Morgan fingerprint density at radius 2 is 1.19 bits per heavy atom. The zero-order valence-corrected chi connectivity index (χ0v) is 16.9. The summed E-state index contributed by atoms with van der Waals surface area (Å²) in [6.07, 6.45) is 5.49. The Morgan fingerprint density at radius 1 is 0.781 bits per heavy atom. The lowest BCUT2D eigenvalue weighted by Gasteiger charge is -2.43. The van der Waals surface area contributed by atoms with Gasteiger partial charge in [-0.1, -0.05) is 24.3 Å². The highest BCUT2D eigenvalue weighted by molar-refractivity contribution is 6.01. The Bertz CT molecular complexity index is 959. The molecule has 0 radical (unpaired) electrons. The van der Waals surface area contributed by atoms with Gasteiger partial charge in [-0.15, -0.1) is 0 Å². The van der Waals surface area contributed by atoms with Crippen LogP contribution in [-0.2, 0) is 9.59 Å². The van der Waals surface area contributed by atoms with Crippen LogP contribution in [0.5, 0.6) is 0 Å². The maximum Gasteiger partial charge on any atom is 0.228 e. The second kappa shape index (κ2) is 8.97. The van der Waals surface area contributed by atoms with Crippen molar-refractivity contribution >= 4 is 34.6 Å². The molecule has 0 saturated heterocycles. The molecule has 10 heteroatoms. The molecule has 1 saturated carbocycles. The van der Waals surface area contributed by atoms with Crippen molar-refractivity contribution in [3.8, 4) is 0 Å². The molecule has 4 N–H and O–H groups in total. The second-order valence-corrected chi connectivity index (χ2v) is 7.97. The van der Waals surface area contributed by atoms with Crippen molar-refractivity contribution in [2.45, 2.75) is 12.8 Å². The van der Waals surface area contributed by atoms with Crippen molar-refractivity contribution < 1.29 is 20.0 Å². The predicted molar refractivity (Wildman–Crippen MR) is 118 cm³/mol. The van der Waals surface area contributed by atoms with Crippen LogP contribution in [-0.4, -0.2) is 22.2 Å². The Kier molecular flexibility index (Phi) is 6.10. The summed E-state index contributed by atoms with van der Waals surface area (Å²) in [5.41, 5.74) is 0.605. The summed E-state index contributed by atoms with van der Waals surface area (Å²) in [7, 11) is 0. The van der Waals surface area contributed by atoms with Crippen molar-refractivity contribution in [1.29, 1.82) is 0 Å².